The largest absolute Gasteiger partial charge is 0.497 e. The molecule has 0 aliphatic carbocycles. The van der Waals surface area contributed by atoms with Gasteiger partial charge in [0.2, 0.25) is 0 Å². The lowest BCUT2D eigenvalue weighted by Gasteiger charge is -2.03. The molecule has 0 amide bonds. The van der Waals surface area contributed by atoms with Crippen LogP contribution < -0.4 is 4.74 Å². The Kier molecular flexibility index (Phi) is 4.17. The van der Waals surface area contributed by atoms with Gasteiger partial charge in [0.05, 0.1) is 19.7 Å². The molecular formula is C12H16N6O. The van der Waals surface area contributed by atoms with Crippen LogP contribution in [0.25, 0.3) is 0 Å². The molecule has 0 saturated heterocycles. The van der Waals surface area contributed by atoms with Crippen molar-refractivity contribution >= 4 is 5.95 Å². The molecule has 0 atom stereocenters. The molecule has 1 aromatic carbocycles. The quantitative estimate of drug-likeness (QED) is 0.772. The monoisotopic (exact) mass is 260 g/mol. The molecular weight excluding hydrogens is 244 g/mol. The van der Waals surface area contributed by atoms with Crippen molar-refractivity contribution in [1.29, 1.82) is 0 Å². The van der Waals surface area contributed by atoms with Crippen LogP contribution in [0, 0.1) is 0 Å². The highest BCUT2D eigenvalue weighted by Gasteiger charge is 2.06. The molecule has 0 bridgehead atoms. The molecule has 1 heterocycles. The van der Waals surface area contributed by atoms with Crippen molar-refractivity contribution in [2.24, 2.45) is 10.2 Å². The molecule has 0 N–H and O–H groups in total. The normalized spacial score (nSPS) is 11.4. The zero-order chi connectivity index (χ0) is 13.7. The summed E-state index contributed by atoms with van der Waals surface area (Å²) in [5.41, 5.74) is 1.06. The number of azo groups is 1. The second-order valence-corrected chi connectivity index (χ2v) is 4.29. The third-order valence-corrected chi connectivity index (χ3v) is 2.38. The average molecular weight is 260 g/mol. The molecule has 0 unspecified atom stereocenters. The molecule has 0 saturated carbocycles. The number of hydrogen-bond acceptors (Lipinski definition) is 6. The molecule has 0 fully saturated rings. The lowest BCUT2D eigenvalue weighted by molar-refractivity contribution is 0.414. The van der Waals surface area contributed by atoms with E-state index in [-0.39, 0.29) is 6.04 Å². The van der Waals surface area contributed by atoms with E-state index < -0.39 is 0 Å². The van der Waals surface area contributed by atoms with E-state index in [0.29, 0.717) is 12.5 Å². The maximum absolute atomic E-state index is 5.11. The first kappa shape index (κ1) is 13.1. The van der Waals surface area contributed by atoms with E-state index in [1.165, 1.54) is 0 Å². The van der Waals surface area contributed by atoms with E-state index in [1.807, 2.05) is 38.1 Å². The Bertz CT molecular complexity index is 546. The van der Waals surface area contributed by atoms with Crippen molar-refractivity contribution in [1.82, 2.24) is 20.2 Å². The van der Waals surface area contributed by atoms with Gasteiger partial charge in [-0.1, -0.05) is 17.2 Å². The Balaban J connectivity index is 2.12. The molecule has 0 spiro atoms. The van der Waals surface area contributed by atoms with E-state index in [2.05, 4.69) is 25.8 Å². The van der Waals surface area contributed by atoms with E-state index in [0.717, 1.165) is 11.3 Å². The third kappa shape index (κ3) is 3.57. The standard InChI is InChI=1S/C12H16N6O/c1-9(2)13-14-12-15-16-17-18(12)8-10-4-6-11(19-3)7-5-10/h4-7,9H,8H2,1-3H3. The highest BCUT2D eigenvalue weighted by molar-refractivity contribution is 5.27. The SMILES string of the molecule is COc1ccc(Cn2nnnc2N=NC(C)C)cc1. The van der Waals surface area contributed by atoms with E-state index in [9.17, 15) is 0 Å². The maximum atomic E-state index is 5.11. The maximum Gasteiger partial charge on any atom is 0.287 e. The van der Waals surface area contributed by atoms with Crippen LogP contribution in [0.5, 0.6) is 5.75 Å². The van der Waals surface area contributed by atoms with Gasteiger partial charge >= 0.3 is 0 Å². The predicted molar refractivity (Wildman–Crippen MR) is 69.6 cm³/mol. The first-order valence-corrected chi connectivity index (χ1v) is 5.99. The van der Waals surface area contributed by atoms with Crippen molar-refractivity contribution in [2.75, 3.05) is 7.11 Å². The van der Waals surface area contributed by atoms with Crippen LogP contribution in [0.15, 0.2) is 34.5 Å². The van der Waals surface area contributed by atoms with Crippen LogP contribution in [-0.2, 0) is 6.54 Å². The highest BCUT2D eigenvalue weighted by atomic mass is 16.5. The van der Waals surface area contributed by atoms with Gasteiger partial charge in [0.1, 0.15) is 5.75 Å². The number of aromatic nitrogens is 4. The summed E-state index contributed by atoms with van der Waals surface area (Å²) in [5, 5.41) is 19.4. The number of nitrogens with zero attached hydrogens (tertiary/aromatic N) is 6. The van der Waals surface area contributed by atoms with Crippen molar-refractivity contribution in [2.45, 2.75) is 26.4 Å². The molecule has 1 aromatic heterocycles. The Morgan fingerprint density at radius 3 is 2.63 bits per heavy atom. The third-order valence-electron chi connectivity index (χ3n) is 2.38. The van der Waals surface area contributed by atoms with E-state index in [4.69, 9.17) is 4.74 Å². The second-order valence-electron chi connectivity index (χ2n) is 4.29. The minimum atomic E-state index is 0.117. The number of ether oxygens (including phenoxy) is 1. The summed E-state index contributed by atoms with van der Waals surface area (Å²) >= 11 is 0. The molecule has 0 radical (unpaired) electrons. The van der Waals surface area contributed by atoms with Gasteiger partial charge in [0, 0.05) is 0 Å². The minimum Gasteiger partial charge on any atom is -0.497 e. The van der Waals surface area contributed by atoms with Gasteiger partial charge in [0.25, 0.3) is 5.95 Å². The summed E-state index contributed by atoms with van der Waals surface area (Å²) in [5.74, 6) is 1.23. The summed E-state index contributed by atoms with van der Waals surface area (Å²) in [6.07, 6.45) is 0. The summed E-state index contributed by atoms with van der Waals surface area (Å²) in [4.78, 5) is 0. The van der Waals surface area contributed by atoms with Gasteiger partial charge in [-0.05, 0) is 42.0 Å². The van der Waals surface area contributed by atoms with Gasteiger partial charge in [-0.25, -0.2) is 4.68 Å². The van der Waals surface area contributed by atoms with Gasteiger partial charge in [-0.2, -0.15) is 5.11 Å². The Hall–Kier alpha value is -2.31. The zero-order valence-corrected chi connectivity index (χ0v) is 11.2. The topological polar surface area (TPSA) is 77.5 Å². The van der Waals surface area contributed by atoms with Crippen LogP contribution in [0.1, 0.15) is 19.4 Å². The molecule has 100 valence electrons. The van der Waals surface area contributed by atoms with Crippen LogP contribution in [0.3, 0.4) is 0 Å². The molecule has 2 aromatic rings. The lowest BCUT2D eigenvalue weighted by Crippen LogP contribution is -2.01. The summed E-state index contributed by atoms with van der Waals surface area (Å²) in [6, 6.07) is 7.84. The summed E-state index contributed by atoms with van der Waals surface area (Å²) in [7, 11) is 1.64. The van der Waals surface area contributed by atoms with Crippen molar-refractivity contribution in [3.63, 3.8) is 0 Å². The second kappa shape index (κ2) is 6.03. The first-order valence-electron chi connectivity index (χ1n) is 5.99. The summed E-state index contributed by atoms with van der Waals surface area (Å²) < 4.78 is 6.72. The van der Waals surface area contributed by atoms with Gasteiger partial charge in [-0.15, -0.1) is 5.11 Å². The molecule has 2 rings (SSSR count). The Morgan fingerprint density at radius 2 is 2.00 bits per heavy atom. The van der Waals surface area contributed by atoms with Gasteiger partial charge in [0.15, 0.2) is 0 Å². The van der Waals surface area contributed by atoms with Crippen LogP contribution in [-0.4, -0.2) is 33.4 Å². The first-order chi connectivity index (χ1) is 9.19. The number of hydrogen-bond donors (Lipinski definition) is 0. The lowest BCUT2D eigenvalue weighted by atomic mass is 10.2. The summed E-state index contributed by atoms with van der Waals surface area (Å²) in [6.45, 7) is 4.44. The van der Waals surface area contributed by atoms with Crippen molar-refractivity contribution in [3.05, 3.63) is 29.8 Å². The fourth-order valence-electron chi connectivity index (χ4n) is 1.44. The minimum absolute atomic E-state index is 0.117. The van der Waals surface area contributed by atoms with Crippen molar-refractivity contribution < 1.29 is 4.74 Å². The number of rotatable bonds is 5. The predicted octanol–water partition coefficient (Wildman–Crippen LogP) is 2.22. The fraction of sp³-hybridized carbons (Fsp3) is 0.417. The molecule has 7 heteroatoms. The molecule has 0 aliphatic rings. The zero-order valence-electron chi connectivity index (χ0n) is 11.2. The highest BCUT2D eigenvalue weighted by Crippen LogP contribution is 2.14. The molecule has 0 aliphatic heterocycles. The van der Waals surface area contributed by atoms with Crippen LogP contribution >= 0.6 is 0 Å². The van der Waals surface area contributed by atoms with Crippen LogP contribution in [0.4, 0.5) is 5.95 Å². The van der Waals surface area contributed by atoms with Crippen molar-refractivity contribution in [3.8, 4) is 5.75 Å². The Labute approximate surface area is 111 Å². The fourth-order valence-corrected chi connectivity index (χ4v) is 1.44. The van der Waals surface area contributed by atoms with Gasteiger partial charge in [-0.3, -0.25) is 0 Å². The van der Waals surface area contributed by atoms with E-state index in [1.54, 1.807) is 11.8 Å². The molecule has 19 heavy (non-hydrogen) atoms. The van der Waals surface area contributed by atoms with E-state index >= 15 is 0 Å². The van der Waals surface area contributed by atoms with Crippen LogP contribution in [0.2, 0.25) is 0 Å². The number of benzene rings is 1. The smallest absolute Gasteiger partial charge is 0.287 e. The molecule has 7 nitrogen and oxygen atoms in total. The Morgan fingerprint density at radius 1 is 1.26 bits per heavy atom. The number of tetrazole rings is 1. The average Bonchev–Trinajstić information content (AvgIpc) is 2.84. The van der Waals surface area contributed by atoms with Gasteiger partial charge < -0.3 is 4.74 Å². The number of methoxy groups -OCH3 is 1.